The summed E-state index contributed by atoms with van der Waals surface area (Å²) in [4.78, 5) is 20.8. The Hall–Kier alpha value is -1.45. The van der Waals surface area contributed by atoms with Crippen LogP contribution in [0.2, 0.25) is 0 Å². The summed E-state index contributed by atoms with van der Waals surface area (Å²) in [5.41, 5.74) is 0.994. The zero-order valence-electron chi connectivity index (χ0n) is 15.9. The predicted molar refractivity (Wildman–Crippen MR) is 120 cm³/mol. The van der Waals surface area contributed by atoms with Gasteiger partial charge in [-0.3, -0.25) is 9.59 Å². The summed E-state index contributed by atoms with van der Waals surface area (Å²) in [5, 5.41) is 26.3. The van der Waals surface area contributed by atoms with Crippen LogP contribution in [0.4, 0.5) is 0 Å². The lowest BCUT2D eigenvalue weighted by Gasteiger charge is -2.10. The summed E-state index contributed by atoms with van der Waals surface area (Å²) in [6.45, 7) is 3.49. The molecule has 0 aromatic heterocycles. The van der Waals surface area contributed by atoms with E-state index >= 15 is 0 Å². The molecule has 0 saturated carbocycles. The third kappa shape index (κ3) is 11.3. The number of carbonyl (C=O) groups is 2. The molecule has 0 aliphatic carbocycles. The average molecular weight is 555 g/mol. The van der Waals surface area contributed by atoms with E-state index in [1.54, 1.807) is 44.2 Å². The lowest BCUT2D eigenvalue weighted by atomic mass is 10.2. The van der Waals surface area contributed by atoms with Crippen molar-refractivity contribution in [2.24, 2.45) is 0 Å². The van der Waals surface area contributed by atoms with E-state index < -0.39 is 6.10 Å². The maximum atomic E-state index is 10.6. The van der Waals surface area contributed by atoms with Crippen molar-refractivity contribution in [3.05, 3.63) is 56.5 Å². The van der Waals surface area contributed by atoms with Crippen LogP contribution < -0.4 is 4.74 Å². The van der Waals surface area contributed by atoms with Gasteiger partial charge in [-0.1, -0.05) is 24.3 Å². The molecule has 6 nitrogen and oxygen atoms in total. The van der Waals surface area contributed by atoms with E-state index in [9.17, 15) is 9.59 Å². The van der Waals surface area contributed by atoms with Crippen LogP contribution in [0, 0.1) is 0 Å². The zero-order chi connectivity index (χ0) is 22.4. The van der Waals surface area contributed by atoms with Crippen LogP contribution in [0.25, 0.3) is 0 Å². The van der Waals surface area contributed by atoms with E-state index in [0.717, 1.165) is 6.29 Å². The number of phenolic OH excluding ortho intramolecular Hbond substituents is 1. The Morgan fingerprint density at radius 2 is 1.45 bits per heavy atom. The van der Waals surface area contributed by atoms with Crippen molar-refractivity contribution in [3.63, 3.8) is 0 Å². The number of halogens is 3. The number of phenols is 1. The fraction of sp³-hybridized carbons (Fsp3) is 0.300. The Balaban J connectivity index is 0.000000455. The molecule has 0 amide bonds. The molecule has 9 heteroatoms. The second-order valence-electron chi connectivity index (χ2n) is 5.74. The van der Waals surface area contributed by atoms with Gasteiger partial charge in [-0.25, -0.2) is 0 Å². The minimum atomic E-state index is -0.526. The van der Waals surface area contributed by atoms with Gasteiger partial charge in [0, 0.05) is 17.0 Å². The number of aromatic hydroxyl groups is 1. The summed E-state index contributed by atoms with van der Waals surface area (Å²) in [5.74, 6) is 0.986. The highest BCUT2D eigenvalue weighted by molar-refractivity contribution is 9.11. The molecular weight excluding hydrogens is 531 g/mol. The highest BCUT2D eigenvalue weighted by atomic mass is 79.9. The fourth-order valence-electron chi connectivity index (χ4n) is 1.57. The number of aldehydes is 2. The molecule has 2 atom stereocenters. The number of rotatable bonds is 6. The molecule has 0 heterocycles. The fourth-order valence-corrected chi connectivity index (χ4v) is 2.40. The Morgan fingerprint density at radius 3 is 1.86 bits per heavy atom. The van der Waals surface area contributed by atoms with Crippen LogP contribution in [-0.2, 0) is 0 Å². The van der Waals surface area contributed by atoms with E-state index in [-0.39, 0.29) is 18.5 Å². The van der Waals surface area contributed by atoms with Gasteiger partial charge in [0.15, 0.2) is 12.6 Å². The van der Waals surface area contributed by atoms with Gasteiger partial charge >= 0.3 is 0 Å². The highest BCUT2D eigenvalue weighted by Gasteiger charge is 2.06. The first-order chi connectivity index (χ1) is 13.7. The largest absolute Gasteiger partial charge is 0.507 e. The molecule has 3 N–H and O–H groups in total. The highest BCUT2D eigenvalue weighted by Crippen LogP contribution is 2.27. The first kappa shape index (κ1) is 27.5. The van der Waals surface area contributed by atoms with Gasteiger partial charge in [0.25, 0.3) is 0 Å². The van der Waals surface area contributed by atoms with Gasteiger partial charge in [-0.05, 0) is 57.8 Å². The monoisotopic (exact) mass is 552 g/mol. The van der Waals surface area contributed by atoms with Crippen molar-refractivity contribution in [1.82, 2.24) is 0 Å². The second-order valence-corrected chi connectivity index (χ2v) is 7.63. The molecule has 160 valence electrons. The average Bonchev–Trinajstić information content (AvgIpc) is 2.70. The third-order valence-electron chi connectivity index (χ3n) is 2.96. The number of ether oxygens (including phenoxy) is 1. The van der Waals surface area contributed by atoms with Crippen molar-refractivity contribution in [3.8, 4) is 11.5 Å². The zero-order valence-corrected chi connectivity index (χ0v) is 19.8. The maximum Gasteiger partial charge on any atom is 0.151 e. The van der Waals surface area contributed by atoms with Crippen LogP contribution in [0.15, 0.2) is 45.3 Å². The van der Waals surface area contributed by atoms with Gasteiger partial charge in [-0.15, -0.1) is 11.6 Å². The number of aliphatic hydroxyl groups excluding tert-OH is 2. The molecule has 0 radical (unpaired) electrons. The van der Waals surface area contributed by atoms with Crippen molar-refractivity contribution in [2.45, 2.75) is 26.1 Å². The second kappa shape index (κ2) is 15.4. The Morgan fingerprint density at radius 1 is 0.966 bits per heavy atom. The molecule has 2 aromatic rings. The van der Waals surface area contributed by atoms with Gasteiger partial charge < -0.3 is 20.1 Å². The Bertz CT molecular complexity index is 769. The lowest BCUT2D eigenvalue weighted by molar-refractivity contribution is 0.111. The van der Waals surface area contributed by atoms with E-state index in [1.807, 2.05) is 0 Å². The molecule has 2 rings (SSSR count). The molecule has 0 fully saturated rings. The van der Waals surface area contributed by atoms with Crippen LogP contribution in [-0.4, -0.2) is 52.6 Å². The third-order valence-corrected chi connectivity index (χ3v) is 5.12. The van der Waals surface area contributed by atoms with E-state index in [0.29, 0.717) is 38.0 Å². The maximum absolute atomic E-state index is 10.6. The van der Waals surface area contributed by atoms with Crippen LogP contribution in [0.3, 0.4) is 0 Å². The standard InChI is InChI=1S/C10H11BrO3.C7H5BrO2.C3H7ClO/c1-7(13)6-14-9-4-2-3-8(5-12)10(9)11;8-7-5(4-9)2-1-3-6(7)10;1-3(5)2-4/h2-5,7,13H,6H2,1H3;1-4,10H;3,5H,2H2,1H3. The summed E-state index contributed by atoms with van der Waals surface area (Å²) in [7, 11) is 0. The molecular formula is C20H23Br2ClO6. The van der Waals surface area contributed by atoms with Crippen molar-refractivity contribution < 1.29 is 29.6 Å². The topological polar surface area (TPSA) is 104 Å². The van der Waals surface area contributed by atoms with Crippen molar-refractivity contribution in [2.75, 3.05) is 12.5 Å². The molecule has 0 aliphatic heterocycles. The van der Waals surface area contributed by atoms with Gasteiger partial charge in [0.2, 0.25) is 0 Å². The lowest BCUT2D eigenvalue weighted by Crippen LogP contribution is -2.13. The first-order valence-corrected chi connectivity index (χ1v) is 10.5. The minimum Gasteiger partial charge on any atom is -0.507 e. The van der Waals surface area contributed by atoms with Gasteiger partial charge in [0.1, 0.15) is 18.1 Å². The number of carbonyl (C=O) groups excluding carboxylic acids is 2. The molecule has 2 aromatic carbocycles. The Labute approximate surface area is 191 Å². The molecule has 2 unspecified atom stereocenters. The molecule has 29 heavy (non-hydrogen) atoms. The quantitative estimate of drug-likeness (QED) is 0.356. The van der Waals surface area contributed by atoms with Gasteiger partial charge in [0.05, 0.1) is 21.2 Å². The van der Waals surface area contributed by atoms with Crippen LogP contribution in [0.1, 0.15) is 34.6 Å². The Kier molecular flexibility index (Phi) is 14.6. The van der Waals surface area contributed by atoms with E-state index in [4.69, 9.17) is 31.7 Å². The molecule has 0 aliphatic rings. The number of alkyl halides is 1. The number of hydrogen-bond acceptors (Lipinski definition) is 6. The summed E-state index contributed by atoms with van der Waals surface area (Å²) >= 11 is 11.4. The molecule has 0 spiro atoms. The predicted octanol–water partition coefficient (Wildman–Crippen LogP) is 4.59. The SMILES string of the molecule is CC(O)CCl.CC(O)COc1cccc(C=O)c1Br.O=Cc1cccc(O)c1Br. The van der Waals surface area contributed by atoms with E-state index in [1.165, 1.54) is 6.07 Å². The minimum absolute atomic E-state index is 0.0876. The first-order valence-electron chi connectivity index (χ1n) is 8.39. The number of hydrogen-bond donors (Lipinski definition) is 3. The molecule has 0 saturated heterocycles. The smallest absolute Gasteiger partial charge is 0.151 e. The summed E-state index contributed by atoms with van der Waals surface area (Å²) in [6.07, 6.45) is 0.557. The van der Waals surface area contributed by atoms with Crippen LogP contribution >= 0.6 is 43.5 Å². The van der Waals surface area contributed by atoms with Gasteiger partial charge in [-0.2, -0.15) is 0 Å². The van der Waals surface area contributed by atoms with Crippen molar-refractivity contribution >= 4 is 56.0 Å². The summed E-state index contributed by atoms with van der Waals surface area (Å²) < 4.78 is 6.35. The molecule has 0 bridgehead atoms. The van der Waals surface area contributed by atoms with E-state index in [2.05, 4.69) is 31.9 Å². The van der Waals surface area contributed by atoms with Crippen molar-refractivity contribution in [1.29, 1.82) is 0 Å². The number of aliphatic hydroxyl groups is 2. The van der Waals surface area contributed by atoms with Crippen LogP contribution in [0.5, 0.6) is 11.5 Å². The normalized spacial score (nSPS) is 11.7. The number of benzene rings is 2. The summed E-state index contributed by atoms with van der Waals surface area (Å²) in [6, 6.07) is 9.90.